The highest BCUT2D eigenvalue weighted by Crippen LogP contribution is 2.33. The molecular formula is C18H29N. The molecule has 1 fully saturated rings. The summed E-state index contributed by atoms with van der Waals surface area (Å²) in [5.41, 5.74) is 1.51. The van der Waals surface area contributed by atoms with E-state index in [0.717, 1.165) is 17.9 Å². The maximum Gasteiger partial charge on any atom is 0.00987 e. The SMILES string of the molecule is CCCNC1CCC(CC)CC1Cc1ccccc1. The van der Waals surface area contributed by atoms with Gasteiger partial charge in [-0.1, -0.05) is 50.6 Å². The maximum absolute atomic E-state index is 3.79. The van der Waals surface area contributed by atoms with Crippen molar-refractivity contribution in [3.05, 3.63) is 35.9 Å². The van der Waals surface area contributed by atoms with Gasteiger partial charge in [-0.2, -0.15) is 0 Å². The molecule has 106 valence electrons. The van der Waals surface area contributed by atoms with Crippen molar-refractivity contribution in [1.29, 1.82) is 0 Å². The number of hydrogen-bond donors (Lipinski definition) is 1. The summed E-state index contributed by atoms with van der Waals surface area (Å²) in [4.78, 5) is 0. The molecule has 3 unspecified atom stereocenters. The third-order valence-corrected chi connectivity index (χ3v) is 4.67. The maximum atomic E-state index is 3.79. The molecule has 19 heavy (non-hydrogen) atoms. The minimum Gasteiger partial charge on any atom is -0.314 e. The summed E-state index contributed by atoms with van der Waals surface area (Å²) in [6.07, 6.45) is 8.04. The Bertz CT molecular complexity index is 346. The van der Waals surface area contributed by atoms with E-state index < -0.39 is 0 Å². The predicted molar refractivity (Wildman–Crippen MR) is 83.3 cm³/mol. The summed E-state index contributed by atoms with van der Waals surface area (Å²) in [6.45, 7) is 5.79. The topological polar surface area (TPSA) is 12.0 Å². The molecule has 0 saturated heterocycles. The van der Waals surface area contributed by atoms with Crippen molar-refractivity contribution >= 4 is 0 Å². The van der Waals surface area contributed by atoms with E-state index in [9.17, 15) is 0 Å². The monoisotopic (exact) mass is 259 g/mol. The smallest absolute Gasteiger partial charge is 0.00987 e. The Morgan fingerprint density at radius 2 is 1.89 bits per heavy atom. The first-order valence-corrected chi connectivity index (χ1v) is 8.10. The van der Waals surface area contributed by atoms with Gasteiger partial charge in [0, 0.05) is 6.04 Å². The van der Waals surface area contributed by atoms with Gasteiger partial charge < -0.3 is 5.32 Å². The van der Waals surface area contributed by atoms with Crippen molar-refractivity contribution < 1.29 is 0 Å². The first kappa shape index (κ1) is 14.6. The molecule has 2 rings (SSSR count). The van der Waals surface area contributed by atoms with Crippen LogP contribution in [-0.2, 0) is 6.42 Å². The molecule has 0 bridgehead atoms. The second kappa shape index (κ2) is 7.69. The van der Waals surface area contributed by atoms with E-state index in [1.165, 1.54) is 50.6 Å². The van der Waals surface area contributed by atoms with E-state index in [-0.39, 0.29) is 0 Å². The van der Waals surface area contributed by atoms with Crippen LogP contribution in [0.5, 0.6) is 0 Å². The average Bonchev–Trinajstić information content (AvgIpc) is 2.47. The van der Waals surface area contributed by atoms with E-state index >= 15 is 0 Å². The highest BCUT2D eigenvalue weighted by molar-refractivity contribution is 5.16. The molecule has 3 atom stereocenters. The Hall–Kier alpha value is -0.820. The lowest BCUT2D eigenvalue weighted by molar-refractivity contribution is 0.198. The molecule has 0 aromatic heterocycles. The number of rotatable bonds is 6. The lowest BCUT2D eigenvalue weighted by Gasteiger charge is -2.37. The summed E-state index contributed by atoms with van der Waals surface area (Å²) < 4.78 is 0. The number of nitrogens with one attached hydrogen (secondary N) is 1. The van der Waals surface area contributed by atoms with Crippen molar-refractivity contribution in [2.75, 3.05) is 6.54 Å². The standard InChI is InChI=1S/C18H29N/c1-3-12-19-18-11-10-15(4-2)13-17(18)14-16-8-6-5-7-9-16/h5-9,15,17-19H,3-4,10-14H2,1-2H3. The fraction of sp³-hybridized carbons (Fsp3) is 0.667. The third kappa shape index (κ3) is 4.35. The lowest BCUT2D eigenvalue weighted by Crippen LogP contribution is -2.41. The Kier molecular flexibility index (Phi) is 5.91. The van der Waals surface area contributed by atoms with Gasteiger partial charge >= 0.3 is 0 Å². The Morgan fingerprint density at radius 3 is 2.58 bits per heavy atom. The van der Waals surface area contributed by atoms with Gasteiger partial charge in [-0.25, -0.2) is 0 Å². The normalized spacial score (nSPS) is 27.4. The predicted octanol–water partition coefficient (Wildman–Crippen LogP) is 4.42. The molecule has 1 N–H and O–H groups in total. The zero-order chi connectivity index (χ0) is 13.5. The van der Waals surface area contributed by atoms with Gasteiger partial charge in [0.1, 0.15) is 0 Å². The van der Waals surface area contributed by atoms with Crippen LogP contribution < -0.4 is 5.32 Å². The highest BCUT2D eigenvalue weighted by atomic mass is 14.9. The minimum atomic E-state index is 0.739. The Labute approximate surface area is 118 Å². The highest BCUT2D eigenvalue weighted by Gasteiger charge is 2.29. The first-order chi connectivity index (χ1) is 9.33. The second-order valence-electron chi connectivity index (χ2n) is 6.10. The van der Waals surface area contributed by atoms with Crippen LogP contribution in [0, 0.1) is 11.8 Å². The van der Waals surface area contributed by atoms with Crippen LogP contribution >= 0.6 is 0 Å². The summed E-state index contributed by atoms with van der Waals surface area (Å²) in [7, 11) is 0. The third-order valence-electron chi connectivity index (χ3n) is 4.67. The molecular weight excluding hydrogens is 230 g/mol. The molecule has 1 saturated carbocycles. The van der Waals surface area contributed by atoms with Crippen LogP contribution in [0.4, 0.5) is 0 Å². The van der Waals surface area contributed by atoms with Crippen molar-refractivity contribution in [2.24, 2.45) is 11.8 Å². The van der Waals surface area contributed by atoms with Crippen LogP contribution in [-0.4, -0.2) is 12.6 Å². The largest absolute Gasteiger partial charge is 0.314 e. The summed E-state index contributed by atoms with van der Waals surface area (Å²) in [5, 5.41) is 3.79. The van der Waals surface area contributed by atoms with Crippen LogP contribution in [0.15, 0.2) is 30.3 Å². The van der Waals surface area contributed by atoms with Gasteiger partial charge in [-0.05, 0) is 56.0 Å². The molecule has 1 aromatic carbocycles. The van der Waals surface area contributed by atoms with Crippen molar-refractivity contribution in [1.82, 2.24) is 5.32 Å². The summed E-state index contributed by atoms with van der Waals surface area (Å²) in [6, 6.07) is 11.8. The van der Waals surface area contributed by atoms with Crippen LogP contribution in [0.2, 0.25) is 0 Å². The second-order valence-corrected chi connectivity index (χ2v) is 6.10. The van der Waals surface area contributed by atoms with E-state index in [0.29, 0.717) is 0 Å². The molecule has 0 amide bonds. The molecule has 0 radical (unpaired) electrons. The van der Waals surface area contributed by atoms with Gasteiger partial charge in [-0.15, -0.1) is 0 Å². The lowest BCUT2D eigenvalue weighted by atomic mass is 9.74. The van der Waals surface area contributed by atoms with E-state index in [4.69, 9.17) is 0 Å². The Balaban J connectivity index is 1.98. The first-order valence-electron chi connectivity index (χ1n) is 8.10. The summed E-state index contributed by atoms with van der Waals surface area (Å²) in [5.74, 6) is 1.78. The van der Waals surface area contributed by atoms with E-state index in [2.05, 4.69) is 49.5 Å². The van der Waals surface area contributed by atoms with Crippen molar-refractivity contribution in [3.8, 4) is 0 Å². The fourth-order valence-electron chi connectivity index (χ4n) is 3.47. The van der Waals surface area contributed by atoms with E-state index in [1.807, 2.05) is 0 Å². The zero-order valence-corrected chi connectivity index (χ0v) is 12.6. The zero-order valence-electron chi connectivity index (χ0n) is 12.6. The fourth-order valence-corrected chi connectivity index (χ4v) is 3.47. The quantitative estimate of drug-likeness (QED) is 0.797. The molecule has 1 aliphatic carbocycles. The van der Waals surface area contributed by atoms with Crippen LogP contribution in [0.25, 0.3) is 0 Å². The molecule has 0 spiro atoms. The number of hydrogen-bond acceptors (Lipinski definition) is 1. The summed E-state index contributed by atoms with van der Waals surface area (Å²) >= 11 is 0. The van der Waals surface area contributed by atoms with Gasteiger partial charge in [0.15, 0.2) is 0 Å². The van der Waals surface area contributed by atoms with Gasteiger partial charge in [0.2, 0.25) is 0 Å². The Morgan fingerprint density at radius 1 is 1.11 bits per heavy atom. The van der Waals surface area contributed by atoms with Gasteiger partial charge in [0.05, 0.1) is 0 Å². The van der Waals surface area contributed by atoms with E-state index in [1.54, 1.807) is 0 Å². The van der Waals surface area contributed by atoms with Crippen molar-refractivity contribution in [3.63, 3.8) is 0 Å². The molecule has 0 heterocycles. The molecule has 1 aliphatic rings. The molecule has 1 nitrogen and oxygen atoms in total. The van der Waals surface area contributed by atoms with Gasteiger partial charge in [0.25, 0.3) is 0 Å². The minimum absolute atomic E-state index is 0.739. The molecule has 0 aliphatic heterocycles. The average molecular weight is 259 g/mol. The van der Waals surface area contributed by atoms with Crippen molar-refractivity contribution in [2.45, 2.75) is 58.4 Å². The van der Waals surface area contributed by atoms with Gasteiger partial charge in [-0.3, -0.25) is 0 Å². The molecule has 1 heteroatoms. The number of benzene rings is 1. The molecule has 1 aromatic rings. The van der Waals surface area contributed by atoms with Crippen LogP contribution in [0.3, 0.4) is 0 Å². The van der Waals surface area contributed by atoms with Crippen LogP contribution in [0.1, 0.15) is 51.5 Å².